The lowest BCUT2D eigenvalue weighted by atomic mass is 10.1. The molecule has 0 spiro atoms. The third kappa shape index (κ3) is 3.44. The second-order valence-electron chi connectivity index (χ2n) is 6.40. The molecule has 0 aliphatic rings. The number of rotatable bonds is 5. The van der Waals surface area contributed by atoms with Gasteiger partial charge in [0.15, 0.2) is 6.10 Å². The van der Waals surface area contributed by atoms with Crippen molar-refractivity contribution in [3.8, 4) is 0 Å². The number of hydrogen-bond acceptors (Lipinski definition) is 4. The molecule has 0 aliphatic carbocycles. The van der Waals surface area contributed by atoms with Crippen LogP contribution in [0.2, 0.25) is 0 Å². The van der Waals surface area contributed by atoms with Crippen LogP contribution in [0.3, 0.4) is 0 Å². The molecule has 0 aliphatic heterocycles. The Morgan fingerprint density at radius 2 is 1.85 bits per heavy atom. The molecule has 1 N–H and O–H groups in total. The maximum Gasteiger partial charge on any atom is 0.339 e. The average molecular weight is 351 g/mol. The minimum absolute atomic E-state index is 0.166. The summed E-state index contributed by atoms with van der Waals surface area (Å²) in [6.07, 6.45) is 2.37. The van der Waals surface area contributed by atoms with Crippen LogP contribution in [-0.2, 0) is 9.53 Å². The normalized spacial score (nSPS) is 12.2. The van der Waals surface area contributed by atoms with E-state index in [0.29, 0.717) is 16.6 Å². The van der Waals surface area contributed by atoms with E-state index in [1.165, 1.54) is 11.1 Å². The molecule has 0 radical (unpaired) electrons. The summed E-state index contributed by atoms with van der Waals surface area (Å²) in [5.41, 5.74) is 1.74. The number of H-pyrrole nitrogens is 1. The smallest absolute Gasteiger partial charge is 0.339 e. The van der Waals surface area contributed by atoms with Crippen molar-refractivity contribution in [2.75, 3.05) is 11.9 Å². The number of anilines is 1. The van der Waals surface area contributed by atoms with Crippen LogP contribution in [-0.4, -0.2) is 35.0 Å². The molecule has 0 saturated heterocycles. The Bertz CT molecular complexity index is 918. The molecular formula is C20H21N3O3. The van der Waals surface area contributed by atoms with E-state index in [4.69, 9.17) is 4.74 Å². The van der Waals surface area contributed by atoms with Crippen LogP contribution in [0.5, 0.6) is 0 Å². The van der Waals surface area contributed by atoms with Crippen LogP contribution in [0.25, 0.3) is 11.0 Å². The number of pyridine rings is 1. The molecule has 1 aromatic carbocycles. The highest BCUT2D eigenvalue weighted by Gasteiger charge is 2.30. The first-order chi connectivity index (χ1) is 12.5. The number of carbonyl (C=O) groups excluding carboxylic acids is 2. The zero-order chi connectivity index (χ0) is 18.7. The van der Waals surface area contributed by atoms with Crippen LogP contribution in [0.4, 0.5) is 5.69 Å². The van der Waals surface area contributed by atoms with Crippen molar-refractivity contribution in [1.29, 1.82) is 0 Å². The summed E-state index contributed by atoms with van der Waals surface area (Å²) in [4.78, 5) is 34.2. The predicted molar refractivity (Wildman–Crippen MR) is 100.0 cm³/mol. The summed E-state index contributed by atoms with van der Waals surface area (Å²) in [5.74, 6) is -0.967. The number of nitrogens with one attached hydrogen (secondary N) is 1. The summed E-state index contributed by atoms with van der Waals surface area (Å²) < 4.78 is 5.61. The summed E-state index contributed by atoms with van der Waals surface area (Å²) in [5, 5.41) is 0.670. The van der Waals surface area contributed by atoms with Gasteiger partial charge in [-0.1, -0.05) is 32.0 Å². The van der Waals surface area contributed by atoms with Crippen LogP contribution in [0.1, 0.15) is 24.2 Å². The molecule has 2 heterocycles. The number of carbonyl (C=O) groups is 2. The third-order valence-electron chi connectivity index (χ3n) is 4.24. The van der Waals surface area contributed by atoms with Gasteiger partial charge in [0.1, 0.15) is 5.65 Å². The molecule has 3 rings (SSSR count). The van der Waals surface area contributed by atoms with Gasteiger partial charge in [0, 0.05) is 30.5 Å². The van der Waals surface area contributed by atoms with E-state index in [9.17, 15) is 9.59 Å². The Morgan fingerprint density at radius 3 is 2.54 bits per heavy atom. The Labute approximate surface area is 151 Å². The minimum atomic E-state index is -0.880. The van der Waals surface area contributed by atoms with Gasteiger partial charge in [0.05, 0.1) is 5.56 Å². The number of nitrogens with zero attached hydrogens (tertiary/aromatic N) is 2. The van der Waals surface area contributed by atoms with Crippen molar-refractivity contribution in [3.63, 3.8) is 0 Å². The van der Waals surface area contributed by atoms with Crippen molar-refractivity contribution in [2.45, 2.75) is 20.0 Å². The van der Waals surface area contributed by atoms with E-state index in [0.717, 1.165) is 5.69 Å². The van der Waals surface area contributed by atoms with E-state index >= 15 is 0 Å². The fourth-order valence-electron chi connectivity index (χ4n) is 2.76. The highest BCUT2D eigenvalue weighted by molar-refractivity contribution is 6.04. The van der Waals surface area contributed by atoms with Gasteiger partial charge in [0.25, 0.3) is 5.91 Å². The second-order valence-corrected chi connectivity index (χ2v) is 6.40. The van der Waals surface area contributed by atoms with Gasteiger partial charge >= 0.3 is 5.97 Å². The van der Waals surface area contributed by atoms with Crippen molar-refractivity contribution >= 4 is 28.6 Å². The van der Waals surface area contributed by atoms with Crippen molar-refractivity contribution in [1.82, 2.24) is 9.97 Å². The van der Waals surface area contributed by atoms with E-state index < -0.39 is 12.1 Å². The van der Waals surface area contributed by atoms with E-state index in [-0.39, 0.29) is 11.8 Å². The number of likely N-dealkylation sites (N-methyl/N-ethyl adjacent to an activating group) is 1. The molecule has 0 saturated carbocycles. The summed E-state index contributed by atoms with van der Waals surface area (Å²) >= 11 is 0. The van der Waals surface area contributed by atoms with Gasteiger partial charge in [-0.05, 0) is 30.2 Å². The zero-order valence-electron chi connectivity index (χ0n) is 15.0. The highest BCUT2D eigenvalue weighted by atomic mass is 16.5. The van der Waals surface area contributed by atoms with Crippen molar-refractivity contribution in [3.05, 3.63) is 60.4 Å². The van der Waals surface area contributed by atoms with Gasteiger partial charge in [-0.3, -0.25) is 4.79 Å². The minimum Gasteiger partial charge on any atom is -0.448 e. The van der Waals surface area contributed by atoms with Gasteiger partial charge in [-0.2, -0.15) is 0 Å². The standard InChI is InChI=1S/C20H21N3O3/c1-13(2)17(19(24)23(3)14-7-5-4-6-8-14)26-20(25)16-10-12-22-18-15(16)9-11-21-18/h4-13,17H,1-3H3,(H,21,22). The van der Waals surface area contributed by atoms with Gasteiger partial charge < -0.3 is 14.6 Å². The summed E-state index contributed by atoms with van der Waals surface area (Å²) in [6, 6.07) is 12.6. The third-order valence-corrected chi connectivity index (χ3v) is 4.24. The summed E-state index contributed by atoms with van der Waals surface area (Å²) in [6.45, 7) is 3.71. The zero-order valence-corrected chi connectivity index (χ0v) is 15.0. The monoisotopic (exact) mass is 351 g/mol. The van der Waals surface area contributed by atoms with E-state index in [1.54, 1.807) is 25.4 Å². The average Bonchev–Trinajstić information content (AvgIpc) is 3.14. The Morgan fingerprint density at radius 1 is 1.12 bits per heavy atom. The predicted octanol–water partition coefficient (Wildman–Crippen LogP) is 3.41. The molecule has 3 aromatic rings. The van der Waals surface area contributed by atoms with Gasteiger partial charge in [-0.25, -0.2) is 9.78 Å². The van der Waals surface area contributed by atoms with Crippen molar-refractivity contribution < 1.29 is 14.3 Å². The molecule has 1 unspecified atom stereocenters. The van der Waals surface area contributed by atoms with E-state index in [2.05, 4.69) is 9.97 Å². The van der Waals surface area contributed by atoms with Crippen LogP contribution >= 0.6 is 0 Å². The fourth-order valence-corrected chi connectivity index (χ4v) is 2.76. The first kappa shape index (κ1) is 17.7. The number of hydrogen-bond donors (Lipinski definition) is 1. The number of aromatic nitrogens is 2. The highest BCUT2D eigenvalue weighted by Crippen LogP contribution is 2.21. The lowest BCUT2D eigenvalue weighted by Gasteiger charge is -2.26. The molecule has 6 heteroatoms. The quantitative estimate of drug-likeness (QED) is 0.715. The number of esters is 1. The lowest BCUT2D eigenvalue weighted by molar-refractivity contribution is -0.129. The maximum atomic E-state index is 12.9. The largest absolute Gasteiger partial charge is 0.448 e. The van der Waals surface area contributed by atoms with Crippen LogP contribution in [0, 0.1) is 5.92 Å². The number of aromatic amines is 1. The number of amides is 1. The molecule has 1 amide bonds. The van der Waals surface area contributed by atoms with Gasteiger partial charge in [0.2, 0.25) is 0 Å². The number of benzene rings is 1. The number of fused-ring (bicyclic) bond motifs is 1. The van der Waals surface area contributed by atoms with E-state index in [1.807, 2.05) is 44.2 Å². The molecule has 134 valence electrons. The summed E-state index contributed by atoms with van der Waals surface area (Å²) in [7, 11) is 1.68. The number of ether oxygens (including phenoxy) is 1. The Hall–Kier alpha value is -3.15. The Kier molecular flexibility index (Phi) is 5.02. The van der Waals surface area contributed by atoms with Gasteiger partial charge in [-0.15, -0.1) is 0 Å². The Balaban J connectivity index is 1.83. The number of para-hydroxylation sites is 1. The fraction of sp³-hybridized carbons (Fsp3) is 0.250. The molecule has 1 atom stereocenters. The topological polar surface area (TPSA) is 75.3 Å². The molecule has 2 aromatic heterocycles. The first-order valence-corrected chi connectivity index (χ1v) is 8.44. The molecular weight excluding hydrogens is 330 g/mol. The molecule has 6 nitrogen and oxygen atoms in total. The SMILES string of the molecule is CC(C)C(OC(=O)c1ccnc2[nH]ccc12)C(=O)N(C)c1ccccc1. The van der Waals surface area contributed by atoms with Crippen LogP contribution in [0.15, 0.2) is 54.9 Å². The lowest BCUT2D eigenvalue weighted by Crippen LogP contribution is -2.42. The first-order valence-electron chi connectivity index (χ1n) is 8.44. The maximum absolute atomic E-state index is 12.9. The molecule has 0 fully saturated rings. The molecule has 0 bridgehead atoms. The second kappa shape index (κ2) is 7.39. The van der Waals surface area contributed by atoms with Crippen molar-refractivity contribution in [2.24, 2.45) is 5.92 Å². The molecule has 26 heavy (non-hydrogen) atoms. The van der Waals surface area contributed by atoms with Crippen LogP contribution < -0.4 is 4.90 Å².